The van der Waals surface area contributed by atoms with Gasteiger partial charge < -0.3 is 9.84 Å². The van der Waals surface area contributed by atoms with E-state index in [1.54, 1.807) is 0 Å². The van der Waals surface area contributed by atoms with E-state index in [2.05, 4.69) is 24.3 Å². The Morgan fingerprint density at radius 1 is 1.41 bits per heavy atom. The van der Waals surface area contributed by atoms with Gasteiger partial charge in [0.1, 0.15) is 0 Å². The van der Waals surface area contributed by atoms with Crippen molar-refractivity contribution in [3.8, 4) is 0 Å². The topological polar surface area (TPSA) is 29.5 Å². The molecule has 2 unspecified atom stereocenters. The lowest BCUT2D eigenvalue weighted by molar-refractivity contribution is 0.0334. The molecule has 1 aromatic rings. The Bertz CT molecular complexity index is 349. The van der Waals surface area contributed by atoms with E-state index < -0.39 is 0 Å². The number of benzene rings is 1. The van der Waals surface area contributed by atoms with Crippen LogP contribution in [0.3, 0.4) is 0 Å². The Morgan fingerprint density at radius 3 is 3.06 bits per heavy atom. The van der Waals surface area contributed by atoms with Crippen molar-refractivity contribution in [1.82, 2.24) is 0 Å². The molecule has 2 rings (SSSR count). The van der Waals surface area contributed by atoms with Crippen LogP contribution in [0.1, 0.15) is 43.2 Å². The molecular weight excluding hydrogens is 212 g/mol. The van der Waals surface area contributed by atoms with E-state index in [9.17, 15) is 5.11 Å². The second kappa shape index (κ2) is 6.18. The van der Waals surface area contributed by atoms with Crippen LogP contribution >= 0.6 is 0 Å². The number of aliphatic hydroxyl groups is 1. The maximum Gasteiger partial charge on any atom is 0.0779 e. The van der Waals surface area contributed by atoms with Crippen LogP contribution in [0, 0.1) is 0 Å². The fourth-order valence-electron chi connectivity index (χ4n) is 2.75. The molecular formula is C15H22O2. The summed E-state index contributed by atoms with van der Waals surface area (Å²) in [5.74, 6) is 0.510. The van der Waals surface area contributed by atoms with Gasteiger partial charge in [0.05, 0.1) is 12.7 Å². The molecule has 2 atom stereocenters. The summed E-state index contributed by atoms with van der Waals surface area (Å²) in [6, 6.07) is 8.65. The van der Waals surface area contributed by atoms with Gasteiger partial charge in [0.25, 0.3) is 0 Å². The highest BCUT2D eigenvalue weighted by Gasteiger charge is 2.22. The summed E-state index contributed by atoms with van der Waals surface area (Å²) in [6.45, 7) is 3.11. The molecule has 0 bridgehead atoms. The number of fused-ring (bicyclic) bond motifs is 1. The smallest absolute Gasteiger partial charge is 0.0779 e. The molecule has 1 aliphatic carbocycles. The number of aliphatic hydroxyl groups excluding tert-OH is 1. The summed E-state index contributed by atoms with van der Waals surface area (Å²) in [5, 5.41) is 9.93. The lowest BCUT2D eigenvalue weighted by atomic mass is 9.80. The molecule has 2 heteroatoms. The van der Waals surface area contributed by atoms with Gasteiger partial charge in [-0.2, -0.15) is 0 Å². The minimum Gasteiger partial charge on any atom is -0.391 e. The maximum absolute atomic E-state index is 9.93. The van der Waals surface area contributed by atoms with Crippen molar-refractivity contribution >= 4 is 0 Å². The minimum atomic E-state index is -0.328. The molecule has 0 saturated carbocycles. The largest absolute Gasteiger partial charge is 0.391 e. The van der Waals surface area contributed by atoms with Gasteiger partial charge in [-0.25, -0.2) is 0 Å². The molecule has 0 saturated heterocycles. The predicted molar refractivity (Wildman–Crippen MR) is 69.2 cm³/mol. The molecule has 1 aliphatic rings. The summed E-state index contributed by atoms with van der Waals surface area (Å²) >= 11 is 0. The average Bonchev–Trinajstić information content (AvgIpc) is 2.37. The standard InChI is InChI=1S/C15H22O2/c1-2-17-11-14(16)10-13-8-5-7-12-6-3-4-9-15(12)13/h3-4,6,9,13-14,16H,2,5,7-8,10-11H2,1H3. The Hall–Kier alpha value is -0.860. The third-order valence-corrected chi connectivity index (χ3v) is 3.56. The molecule has 94 valence electrons. The van der Waals surface area contributed by atoms with Gasteiger partial charge in [0.2, 0.25) is 0 Å². The Kier molecular flexibility index (Phi) is 4.57. The van der Waals surface area contributed by atoms with Crippen LogP contribution in [0.25, 0.3) is 0 Å². The van der Waals surface area contributed by atoms with E-state index in [1.165, 1.54) is 30.4 Å². The zero-order chi connectivity index (χ0) is 12.1. The minimum absolute atomic E-state index is 0.328. The van der Waals surface area contributed by atoms with Crippen molar-refractivity contribution in [3.05, 3.63) is 35.4 Å². The molecule has 2 nitrogen and oxygen atoms in total. The SMILES string of the molecule is CCOCC(O)CC1CCCc2ccccc21. The normalized spacial score (nSPS) is 20.9. The number of hydrogen-bond donors (Lipinski definition) is 1. The number of rotatable bonds is 5. The van der Waals surface area contributed by atoms with Crippen molar-refractivity contribution in [3.63, 3.8) is 0 Å². The van der Waals surface area contributed by atoms with Crippen molar-refractivity contribution in [2.24, 2.45) is 0 Å². The van der Waals surface area contributed by atoms with E-state index in [0.717, 1.165) is 6.42 Å². The van der Waals surface area contributed by atoms with Crippen LogP contribution in [0.2, 0.25) is 0 Å². The van der Waals surface area contributed by atoms with Crippen molar-refractivity contribution < 1.29 is 9.84 Å². The fraction of sp³-hybridized carbons (Fsp3) is 0.600. The second-order valence-corrected chi connectivity index (χ2v) is 4.84. The zero-order valence-corrected chi connectivity index (χ0v) is 10.6. The molecule has 1 aromatic carbocycles. The van der Waals surface area contributed by atoms with Crippen LogP contribution in [-0.4, -0.2) is 24.4 Å². The van der Waals surface area contributed by atoms with Gasteiger partial charge in [0, 0.05) is 6.61 Å². The second-order valence-electron chi connectivity index (χ2n) is 4.84. The number of ether oxygens (including phenoxy) is 1. The molecule has 0 heterocycles. The number of aryl methyl sites for hydroxylation is 1. The zero-order valence-electron chi connectivity index (χ0n) is 10.6. The van der Waals surface area contributed by atoms with Crippen LogP contribution in [0.5, 0.6) is 0 Å². The quantitative estimate of drug-likeness (QED) is 0.849. The Balaban J connectivity index is 1.98. The van der Waals surface area contributed by atoms with E-state index in [0.29, 0.717) is 19.1 Å². The summed E-state index contributed by atoms with van der Waals surface area (Å²) in [7, 11) is 0. The molecule has 1 N–H and O–H groups in total. The first-order valence-electron chi connectivity index (χ1n) is 6.65. The predicted octanol–water partition coefficient (Wildman–Crippen LogP) is 2.89. The first-order valence-corrected chi connectivity index (χ1v) is 6.65. The van der Waals surface area contributed by atoms with Crippen molar-refractivity contribution in [1.29, 1.82) is 0 Å². The molecule has 0 spiro atoms. The Labute approximate surface area is 104 Å². The summed E-state index contributed by atoms with van der Waals surface area (Å²) in [4.78, 5) is 0. The van der Waals surface area contributed by atoms with Crippen molar-refractivity contribution in [2.45, 2.75) is 44.6 Å². The first-order chi connectivity index (χ1) is 8.31. The average molecular weight is 234 g/mol. The fourth-order valence-corrected chi connectivity index (χ4v) is 2.75. The molecule has 0 aliphatic heterocycles. The highest BCUT2D eigenvalue weighted by molar-refractivity contribution is 5.32. The van der Waals surface area contributed by atoms with E-state index in [-0.39, 0.29) is 6.10 Å². The number of hydrogen-bond acceptors (Lipinski definition) is 2. The van der Waals surface area contributed by atoms with Gasteiger partial charge in [-0.15, -0.1) is 0 Å². The Morgan fingerprint density at radius 2 is 2.24 bits per heavy atom. The summed E-state index contributed by atoms with van der Waals surface area (Å²) in [6.07, 6.45) is 4.13. The molecule has 0 aromatic heterocycles. The van der Waals surface area contributed by atoms with Crippen LogP contribution in [-0.2, 0) is 11.2 Å². The van der Waals surface area contributed by atoms with Crippen molar-refractivity contribution in [2.75, 3.05) is 13.2 Å². The van der Waals surface area contributed by atoms with Crippen LogP contribution < -0.4 is 0 Å². The van der Waals surface area contributed by atoms with Gasteiger partial charge in [-0.1, -0.05) is 24.3 Å². The van der Waals surface area contributed by atoms with Gasteiger partial charge >= 0.3 is 0 Å². The monoisotopic (exact) mass is 234 g/mol. The highest BCUT2D eigenvalue weighted by atomic mass is 16.5. The lowest BCUT2D eigenvalue weighted by Gasteiger charge is -2.27. The lowest BCUT2D eigenvalue weighted by Crippen LogP contribution is -2.21. The van der Waals surface area contributed by atoms with Crippen LogP contribution in [0.4, 0.5) is 0 Å². The van der Waals surface area contributed by atoms with E-state index >= 15 is 0 Å². The highest BCUT2D eigenvalue weighted by Crippen LogP contribution is 2.34. The molecule has 0 amide bonds. The summed E-state index contributed by atoms with van der Waals surface area (Å²) < 4.78 is 5.27. The van der Waals surface area contributed by atoms with Gasteiger partial charge in [0.15, 0.2) is 0 Å². The molecule has 0 radical (unpaired) electrons. The third-order valence-electron chi connectivity index (χ3n) is 3.56. The van der Waals surface area contributed by atoms with Crippen LogP contribution in [0.15, 0.2) is 24.3 Å². The first kappa shape index (κ1) is 12.6. The maximum atomic E-state index is 9.93. The molecule has 17 heavy (non-hydrogen) atoms. The van der Waals surface area contributed by atoms with Gasteiger partial charge in [-0.3, -0.25) is 0 Å². The molecule has 0 fully saturated rings. The third kappa shape index (κ3) is 3.30. The summed E-state index contributed by atoms with van der Waals surface area (Å²) in [5.41, 5.74) is 2.90. The van der Waals surface area contributed by atoms with E-state index in [4.69, 9.17) is 4.74 Å². The van der Waals surface area contributed by atoms with E-state index in [1.807, 2.05) is 6.92 Å². The van der Waals surface area contributed by atoms with Gasteiger partial charge in [-0.05, 0) is 49.7 Å².